The molecule has 2 rings (SSSR count). The minimum atomic E-state index is 0.669. The van der Waals surface area contributed by atoms with Crippen molar-refractivity contribution in [1.82, 2.24) is 19.9 Å². The first-order valence-electron chi connectivity index (χ1n) is 5.46. The molecule has 0 atom stereocenters. The van der Waals surface area contributed by atoms with E-state index >= 15 is 0 Å². The van der Waals surface area contributed by atoms with Crippen LogP contribution in [0.1, 0.15) is 6.42 Å². The van der Waals surface area contributed by atoms with Crippen LogP contribution in [0.15, 0.2) is 40.5 Å². The van der Waals surface area contributed by atoms with Crippen molar-refractivity contribution in [3.05, 3.63) is 35.3 Å². The third-order valence-electron chi connectivity index (χ3n) is 2.00. The van der Waals surface area contributed by atoms with Gasteiger partial charge in [0.05, 0.1) is 4.47 Å². The van der Waals surface area contributed by atoms with Gasteiger partial charge in [-0.05, 0) is 28.4 Å². The molecule has 18 heavy (non-hydrogen) atoms. The first kappa shape index (κ1) is 13.2. The first-order chi connectivity index (χ1) is 8.84. The van der Waals surface area contributed by atoms with E-state index in [0.29, 0.717) is 5.95 Å². The average molecular weight is 326 g/mol. The molecule has 0 fully saturated rings. The molecule has 94 valence electrons. The molecule has 0 saturated heterocycles. The highest BCUT2D eigenvalue weighted by Crippen LogP contribution is 2.14. The van der Waals surface area contributed by atoms with E-state index in [1.165, 1.54) is 0 Å². The van der Waals surface area contributed by atoms with Crippen LogP contribution in [-0.4, -0.2) is 32.2 Å². The Morgan fingerprint density at radius 1 is 1.11 bits per heavy atom. The minimum absolute atomic E-state index is 0.669. The Morgan fingerprint density at radius 3 is 2.56 bits per heavy atom. The maximum absolute atomic E-state index is 4.19. The summed E-state index contributed by atoms with van der Waals surface area (Å²) >= 11 is 4.95. The number of aromatic nitrogens is 4. The predicted molar refractivity (Wildman–Crippen MR) is 75.6 cm³/mol. The SMILES string of the molecule is Brc1cnc(SCCCNc2ncccn2)nc1. The zero-order chi connectivity index (χ0) is 12.6. The summed E-state index contributed by atoms with van der Waals surface area (Å²) in [6.45, 7) is 0.841. The topological polar surface area (TPSA) is 63.6 Å². The molecule has 5 nitrogen and oxygen atoms in total. The summed E-state index contributed by atoms with van der Waals surface area (Å²) < 4.78 is 0.898. The summed E-state index contributed by atoms with van der Waals surface area (Å²) in [5.41, 5.74) is 0. The van der Waals surface area contributed by atoms with E-state index in [2.05, 4.69) is 41.2 Å². The van der Waals surface area contributed by atoms with E-state index in [4.69, 9.17) is 0 Å². The second kappa shape index (κ2) is 7.27. The summed E-state index contributed by atoms with van der Waals surface area (Å²) in [5, 5.41) is 3.96. The Balaban J connectivity index is 1.63. The lowest BCUT2D eigenvalue weighted by molar-refractivity contribution is 0.934. The van der Waals surface area contributed by atoms with Gasteiger partial charge in [0.1, 0.15) is 0 Å². The minimum Gasteiger partial charge on any atom is -0.354 e. The average Bonchev–Trinajstić information content (AvgIpc) is 2.42. The maximum atomic E-state index is 4.19. The Bertz CT molecular complexity index is 465. The van der Waals surface area contributed by atoms with Crippen LogP contribution in [-0.2, 0) is 0 Å². The van der Waals surface area contributed by atoms with E-state index < -0.39 is 0 Å². The second-order valence-corrected chi connectivity index (χ2v) is 5.36. The summed E-state index contributed by atoms with van der Waals surface area (Å²) in [4.78, 5) is 16.6. The molecule has 0 aromatic carbocycles. The molecule has 7 heteroatoms. The summed E-state index contributed by atoms with van der Waals surface area (Å²) in [5.74, 6) is 1.63. The van der Waals surface area contributed by atoms with Crippen LogP contribution in [0.5, 0.6) is 0 Å². The number of hydrogen-bond donors (Lipinski definition) is 1. The molecule has 2 heterocycles. The number of nitrogens with zero attached hydrogens (tertiary/aromatic N) is 4. The van der Waals surface area contributed by atoms with Crippen molar-refractivity contribution >= 4 is 33.6 Å². The number of rotatable bonds is 6. The van der Waals surface area contributed by atoms with Gasteiger partial charge in [-0.3, -0.25) is 0 Å². The van der Waals surface area contributed by atoms with Gasteiger partial charge in [0.25, 0.3) is 0 Å². The molecule has 0 unspecified atom stereocenters. The van der Waals surface area contributed by atoms with Gasteiger partial charge in [-0.25, -0.2) is 19.9 Å². The Hall–Kier alpha value is -1.21. The lowest BCUT2D eigenvalue weighted by Gasteiger charge is -2.03. The zero-order valence-electron chi connectivity index (χ0n) is 9.58. The highest BCUT2D eigenvalue weighted by molar-refractivity contribution is 9.10. The van der Waals surface area contributed by atoms with Gasteiger partial charge in [0.15, 0.2) is 5.16 Å². The third-order valence-corrected chi connectivity index (χ3v) is 3.37. The highest BCUT2D eigenvalue weighted by Gasteiger charge is 1.98. The van der Waals surface area contributed by atoms with Gasteiger partial charge in [0.2, 0.25) is 5.95 Å². The van der Waals surface area contributed by atoms with Crippen LogP contribution >= 0.6 is 27.7 Å². The quantitative estimate of drug-likeness (QED) is 0.500. The van der Waals surface area contributed by atoms with Crippen LogP contribution in [0.2, 0.25) is 0 Å². The van der Waals surface area contributed by atoms with Crippen molar-refractivity contribution in [2.45, 2.75) is 11.6 Å². The van der Waals surface area contributed by atoms with E-state index in [9.17, 15) is 0 Å². The van der Waals surface area contributed by atoms with E-state index in [1.54, 1.807) is 42.6 Å². The van der Waals surface area contributed by atoms with Crippen LogP contribution in [0.25, 0.3) is 0 Å². The second-order valence-electron chi connectivity index (χ2n) is 3.39. The number of hydrogen-bond acceptors (Lipinski definition) is 6. The van der Waals surface area contributed by atoms with Gasteiger partial charge in [-0.2, -0.15) is 0 Å². The number of halogens is 1. The molecule has 1 N–H and O–H groups in total. The Morgan fingerprint density at radius 2 is 1.83 bits per heavy atom. The fourth-order valence-corrected chi connectivity index (χ4v) is 2.13. The van der Waals surface area contributed by atoms with Crippen LogP contribution in [0, 0.1) is 0 Å². The van der Waals surface area contributed by atoms with Crippen molar-refractivity contribution in [1.29, 1.82) is 0 Å². The molecular formula is C11H12BrN5S. The summed E-state index contributed by atoms with van der Waals surface area (Å²) in [6.07, 6.45) is 7.96. The van der Waals surface area contributed by atoms with Gasteiger partial charge >= 0.3 is 0 Å². The van der Waals surface area contributed by atoms with E-state index in [1.807, 2.05) is 0 Å². The van der Waals surface area contributed by atoms with Gasteiger partial charge in [-0.1, -0.05) is 11.8 Å². The number of nitrogens with one attached hydrogen (secondary N) is 1. The van der Waals surface area contributed by atoms with Crippen molar-refractivity contribution in [2.24, 2.45) is 0 Å². The monoisotopic (exact) mass is 325 g/mol. The molecule has 0 radical (unpaired) electrons. The molecule has 0 bridgehead atoms. The fourth-order valence-electron chi connectivity index (χ4n) is 1.20. The molecule has 0 aliphatic rings. The van der Waals surface area contributed by atoms with E-state index in [0.717, 1.165) is 28.3 Å². The van der Waals surface area contributed by atoms with Crippen molar-refractivity contribution in [3.8, 4) is 0 Å². The molecule has 2 aromatic rings. The molecular weight excluding hydrogens is 314 g/mol. The number of anilines is 1. The maximum Gasteiger partial charge on any atom is 0.222 e. The van der Waals surface area contributed by atoms with Gasteiger partial charge in [-0.15, -0.1) is 0 Å². The van der Waals surface area contributed by atoms with Crippen LogP contribution < -0.4 is 5.32 Å². The molecule has 0 saturated carbocycles. The Labute approximate surface area is 118 Å². The van der Waals surface area contributed by atoms with Gasteiger partial charge in [0, 0.05) is 37.1 Å². The normalized spacial score (nSPS) is 10.3. The third kappa shape index (κ3) is 4.58. The summed E-state index contributed by atoms with van der Waals surface area (Å²) in [6, 6.07) is 1.80. The highest BCUT2D eigenvalue weighted by atomic mass is 79.9. The van der Waals surface area contributed by atoms with E-state index in [-0.39, 0.29) is 0 Å². The van der Waals surface area contributed by atoms with Gasteiger partial charge < -0.3 is 5.32 Å². The Kier molecular flexibility index (Phi) is 5.35. The first-order valence-corrected chi connectivity index (χ1v) is 7.24. The zero-order valence-corrected chi connectivity index (χ0v) is 12.0. The lowest BCUT2D eigenvalue weighted by Crippen LogP contribution is -2.05. The molecule has 0 spiro atoms. The number of thioether (sulfide) groups is 1. The van der Waals surface area contributed by atoms with Crippen molar-refractivity contribution in [3.63, 3.8) is 0 Å². The van der Waals surface area contributed by atoms with Crippen molar-refractivity contribution < 1.29 is 0 Å². The summed E-state index contributed by atoms with van der Waals surface area (Å²) in [7, 11) is 0. The standard InChI is InChI=1S/C11H12BrN5S/c12-9-7-16-11(17-8-9)18-6-2-5-15-10-13-3-1-4-14-10/h1,3-4,7-8H,2,5-6H2,(H,13,14,15). The predicted octanol–water partition coefficient (Wildman–Crippen LogP) is 2.62. The molecule has 0 aliphatic heterocycles. The smallest absolute Gasteiger partial charge is 0.222 e. The van der Waals surface area contributed by atoms with Crippen LogP contribution in [0.4, 0.5) is 5.95 Å². The largest absolute Gasteiger partial charge is 0.354 e. The van der Waals surface area contributed by atoms with Crippen LogP contribution in [0.3, 0.4) is 0 Å². The fraction of sp³-hybridized carbons (Fsp3) is 0.273. The van der Waals surface area contributed by atoms with Crippen molar-refractivity contribution in [2.75, 3.05) is 17.6 Å². The molecule has 2 aromatic heterocycles. The molecule has 0 aliphatic carbocycles. The molecule has 0 amide bonds. The lowest BCUT2D eigenvalue weighted by atomic mass is 10.5.